The van der Waals surface area contributed by atoms with Gasteiger partial charge in [-0.1, -0.05) is 11.6 Å². The number of carboxylic acids is 1. The van der Waals surface area contributed by atoms with Gasteiger partial charge in [0.25, 0.3) is 0 Å². The zero-order chi connectivity index (χ0) is 11.5. The molecule has 1 aliphatic heterocycles. The van der Waals surface area contributed by atoms with Crippen molar-refractivity contribution in [3.8, 4) is 6.07 Å². The Kier molecular flexibility index (Phi) is 3.50. The maximum atomic E-state index is 10.7. The average Bonchev–Trinajstić information content (AvgIpc) is 2.13. The zero-order valence-electron chi connectivity index (χ0n) is 7.37. The number of nitriles is 1. The molecule has 0 spiro atoms. The molecule has 6 nitrogen and oxygen atoms in total. The van der Waals surface area contributed by atoms with E-state index < -0.39 is 11.1 Å². The van der Waals surface area contributed by atoms with Crippen LogP contribution in [-0.4, -0.2) is 27.3 Å². The third-order valence-electron chi connectivity index (χ3n) is 1.52. The normalized spacial score (nSPS) is 24.6. The highest BCUT2D eigenvalue weighted by Gasteiger charge is 2.39. The summed E-state index contributed by atoms with van der Waals surface area (Å²) in [7, 11) is 0. The maximum Gasteiger partial charge on any atom is 0.371 e. The van der Waals surface area contributed by atoms with Crippen LogP contribution in [0.4, 0.5) is 0 Å². The standard InChI is InChI=1S/C7H6Cl2N4O2/c8-6-11-4(2-1-3-10)12-7(9,13-6)5(14)15/h1-2H2,(H,14,15)(H,11,12,13). The molecule has 0 amide bonds. The average molecular weight is 249 g/mol. The summed E-state index contributed by atoms with van der Waals surface area (Å²) in [5.41, 5.74) is 0. The van der Waals surface area contributed by atoms with Gasteiger partial charge < -0.3 is 10.4 Å². The molecular weight excluding hydrogens is 243 g/mol. The van der Waals surface area contributed by atoms with Crippen molar-refractivity contribution in [2.24, 2.45) is 9.98 Å². The summed E-state index contributed by atoms with van der Waals surface area (Å²) in [6.45, 7) is 0. The van der Waals surface area contributed by atoms with E-state index in [4.69, 9.17) is 33.6 Å². The Morgan fingerprint density at radius 3 is 2.87 bits per heavy atom. The molecule has 80 valence electrons. The van der Waals surface area contributed by atoms with Crippen molar-refractivity contribution in [2.45, 2.75) is 18.0 Å². The van der Waals surface area contributed by atoms with Gasteiger partial charge in [0.1, 0.15) is 5.84 Å². The van der Waals surface area contributed by atoms with Crippen LogP contribution >= 0.6 is 23.2 Å². The topological polar surface area (TPSA) is 97.8 Å². The van der Waals surface area contributed by atoms with E-state index in [1.807, 2.05) is 6.07 Å². The van der Waals surface area contributed by atoms with Crippen molar-refractivity contribution in [3.05, 3.63) is 0 Å². The predicted molar refractivity (Wildman–Crippen MR) is 54.9 cm³/mol. The Bertz CT molecular complexity index is 387. The van der Waals surface area contributed by atoms with Crippen LogP contribution in [0, 0.1) is 11.3 Å². The van der Waals surface area contributed by atoms with Crippen LogP contribution in [-0.2, 0) is 4.79 Å². The molecule has 1 heterocycles. The van der Waals surface area contributed by atoms with E-state index in [0.29, 0.717) is 0 Å². The molecule has 0 saturated carbocycles. The third-order valence-corrected chi connectivity index (χ3v) is 2.03. The lowest BCUT2D eigenvalue weighted by atomic mass is 10.3. The van der Waals surface area contributed by atoms with Gasteiger partial charge in [0, 0.05) is 12.8 Å². The third kappa shape index (κ3) is 2.81. The van der Waals surface area contributed by atoms with Gasteiger partial charge in [0.15, 0.2) is 0 Å². The molecule has 0 aromatic rings. The van der Waals surface area contributed by atoms with Gasteiger partial charge in [-0.05, 0) is 11.6 Å². The second kappa shape index (κ2) is 4.47. The zero-order valence-corrected chi connectivity index (χ0v) is 8.88. The molecule has 0 aliphatic carbocycles. The number of carboxylic acid groups (broad SMARTS) is 1. The fourth-order valence-electron chi connectivity index (χ4n) is 0.897. The van der Waals surface area contributed by atoms with Gasteiger partial charge >= 0.3 is 11.1 Å². The lowest BCUT2D eigenvalue weighted by molar-refractivity contribution is -0.139. The van der Waals surface area contributed by atoms with E-state index in [9.17, 15) is 4.79 Å². The number of hydrogen-bond donors (Lipinski definition) is 2. The Labute approximate surface area is 95.2 Å². The number of amidine groups is 2. The van der Waals surface area contributed by atoms with E-state index in [0.717, 1.165) is 0 Å². The second-order valence-corrected chi connectivity index (χ2v) is 3.52. The van der Waals surface area contributed by atoms with Crippen LogP contribution < -0.4 is 5.32 Å². The van der Waals surface area contributed by atoms with Crippen molar-refractivity contribution in [3.63, 3.8) is 0 Å². The van der Waals surface area contributed by atoms with E-state index in [1.54, 1.807) is 0 Å². The predicted octanol–water partition coefficient (Wildman–Crippen LogP) is 0.864. The summed E-state index contributed by atoms with van der Waals surface area (Å²) in [6.07, 6.45) is 0.423. The second-order valence-electron chi connectivity index (χ2n) is 2.64. The number of nitrogens with zero attached hydrogens (tertiary/aromatic N) is 3. The summed E-state index contributed by atoms with van der Waals surface area (Å²) in [5.74, 6) is -1.19. The van der Waals surface area contributed by atoms with Gasteiger partial charge in [-0.3, -0.25) is 0 Å². The van der Waals surface area contributed by atoms with Crippen LogP contribution in [0.25, 0.3) is 0 Å². The van der Waals surface area contributed by atoms with Crippen LogP contribution in [0.2, 0.25) is 0 Å². The van der Waals surface area contributed by atoms with Gasteiger partial charge in [-0.25, -0.2) is 14.8 Å². The maximum absolute atomic E-state index is 10.7. The minimum Gasteiger partial charge on any atom is -0.477 e. The fourth-order valence-corrected chi connectivity index (χ4v) is 1.36. The van der Waals surface area contributed by atoms with E-state index in [2.05, 4.69) is 15.3 Å². The van der Waals surface area contributed by atoms with Crippen molar-refractivity contribution < 1.29 is 9.90 Å². The Morgan fingerprint density at radius 2 is 2.33 bits per heavy atom. The number of alkyl halides is 1. The smallest absolute Gasteiger partial charge is 0.371 e. The number of hydrogen-bond acceptors (Lipinski definition) is 5. The van der Waals surface area contributed by atoms with Gasteiger partial charge in [-0.15, -0.1) is 0 Å². The molecule has 15 heavy (non-hydrogen) atoms. The highest BCUT2D eigenvalue weighted by Crippen LogP contribution is 2.23. The highest BCUT2D eigenvalue weighted by atomic mass is 35.5. The Balaban J connectivity index is 2.90. The largest absolute Gasteiger partial charge is 0.477 e. The number of halogens is 2. The Hall–Kier alpha value is -1.32. The quantitative estimate of drug-likeness (QED) is 0.572. The van der Waals surface area contributed by atoms with E-state index >= 15 is 0 Å². The molecule has 0 saturated heterocycles. The lowest BCUT2D eigenvalue weighted by Gasteiger charge is -2.20. The van der Waals surface area contributed by atoms with Gasteiger partial charge in [0.2, 0.25) is 5.29 Å². The molecule has 0 radical (unpaired) electrons. The minimum atomic E-state index is -2.12. The summed E-state index contributed by atoms with van der Waals surface area (Å²) >= 11 is 11.1. The number of carbonyl (C=O) groups is 1. The fraction of sp³-hybridized carbons (Fsp3) is 0.429. The number of aliphatic imine (C=N–C) groups is 2. The van der Waals surface area contributed by atoms with Crippen molar-refractivity contribution >= 4 is 40.3 Å². The summed E-state index contributed by atoms with van der Waals surface area (Å²) < 4.78 is 0. The molecule has 0 fully saturated rings. The Morgan fingerprint density at radius 1 is 1.67 bits per heavy atom. The van der Waals surface area contributed by atoms with Crippen LogP contribution in [0.3, 0.4) is 0 Å². The molecular formula is C7H6Cl2N4O2. The monoisotopic (exact) mass is 248 g/mol. The molecule has 0 aromatic carbocycles. The summed E-state index contributed by atoms with van der Waals surface area (Å²) in [4.78, 5) is 17.8. The number of rotatable bonds is 3. The van der Waals surface area contributed by atoms with Gasteiger partial charge in [0.05, 0.1) is 6.07 Å². The summed E-state index contributed by atoms with van der Waals surface area (Å²) in [6, 6.07) is 1.89. The van der Waals surface area contributed by atoms with Crippen molar-refractivity contribution in [1.82, 2.24) is 5.32 Å². The van der Waals surface area contributed by atoms with Crippen LogP contribution in [0.5, 0.6) is 0 Å². The molecule has 8 heteroatoms. The van der Waals surface area contributed by atoms with Crippen LogP contribution in [0.1, 0.15) is 12.8 Å². The molecule has 0 bridgehead atoms. The molecule has 1 aliphatic rings. The molecule has 2 N–H and O–H groups in total. The number of aliphatic carboxylic acids is 1. The van der Waals surface area contributed by atoms with Crippen LogP contribution in [0.15, 0.2) is 9.98 Å². The number of nitrogens with one attached hydrogen (secondary N) is 1. The molecule has 1 atom stereocenters. The van der Waals surface area contributed by atoms with Gasteiger partial charge in [-0.2, -0.15) is 5.26 Å². The first-order valence-corrected chi connectivity index (χ1v) is 4.64. The SMILES string of the molecule is N#CCCC1=NC(Cl)(C(=O)O)N=C(Cl)N1. The minimum absolute atomic E-state index is 0.157. The molecule has 0 aromatic heterocycles. The first-order valence-electron chi connectivity index (χ1n) is 3.88. The molecule has 1 unspecified atom stereocenters. The lowest BCUT2D eigenvalue weighted by Crippen LogP contribution is -2.41. The highest BCUT2D eigenvalue weighted by molar-refractivity contribution is 6.66. The van der Waals surface area contributed by atoms with Crippen molar-refractivity contribution in [1.29, 1.82) is 5.26 Å². The van der Waals surface area contributed by atoms with E-state index in [-0.39, 0.29) is 24.0 Å². The summed E-state index contributed by atoms with van der Waals surface area (Å²) in [5, 5.41) is 17.4. The first-order chi connectivity index (χ1) is 6.98. The van der Waals surface area contributed by atoms with Crippen molar-refractivity contribution in [2.75, 3.05) is 0 Å². The van der Waals surface area contributed by atoms with E-state index in [1.165, 1.54) is 0 Å². The first kappa shape index (κ1) is 11.8. The molecule has 1 rings (SSSR count).